The summed E-state index contributed by atoms with van der Waals surface area (Å²) in [6, 6.07) is 20.0. The molecule has 3 aromatic carbocycles. The first-order valence-corrected chi connectivity index (χ1v) is 14.3. The van der Waals surface area contributed by atoms with E-state index in [-0.39, 0.29) is 11.7 Å². The molecule has 2 fully saturated rings. The number of carbonyl (C=O) groups is 1. The van der Waals surface area contributed by atoms with E-state index in [4.69, 9.17) is 0 Å². The van der Waals surface area contributed by atoms with Crippen LogP contribution in [0.15, 0.2) is 65.6 Å². The van der Waals surface area contributed by atoms with E-state index in [1.807, 2.05) is 34.9 Å². The Morgan fingerprint density at radius 3 is 2.36 bits per heavy atom. The molecule has 0 aromatic heterocycles. The van der Waals surface area contributed by atoms with E-state index in [1.54, 1.807) is 6.07 Å². The molecular formula is C31H37FN2OS. The predicted molar refractivity (Wildman–Crippen MR) is 148 cm³/mol. The van der Waals surface area contributed by atoms with Crippen molar-refractivity contribution in [3.63, 3.8) is 0 Å². The van der Waals surface area contributed by atoms with Gasteiger partial charge in [-0.2, -0.15) is 0 Å². The lowest BCUT2D eigenvalue weighted by atomic mass is 9.88. The van der Waals surface area contributed by atoms with Crippen molar-refractivity contribution in [2.75, 3.05) is 26.2 Å². The fraction of sp³-hybridized carbons (Fsp3) is 0.452. The first kappa shape index (κ1) is 25.3. The maximum Gasteiger partial charge on any atom is 0.254 e. The Hall–Kier alpha value is -2.37. The molecular weight excluding hydrogens is 467 g/mol. The molecule has 2 aliphatic rings. The van der Waals surface area contributed by atoms with Crippen molar-refractivity contribution in [3.05, 3.63) is 77.6 Å². The molecule has 190 valence electrons. The lowest BCUT2D eigenvalue weighted by Crippen LogP contribution is -2.49. The number of likely N-dealkylation sites (tertiary alicyclic amines) is 2. The zero-order chi connectivity index (χ0) is 25.1. The lowest BCUT2D eigenvalue weighted by molar-refractivity contribution is 0.0553. The second-order valence-electron chi connectivity index (χ2n) is 10.7. The van der Waals surface area contributed by atoms with Gasteiger partial charge in [-0.15, -0.1) is 11.8 Å². The Labute approximate surface area is 219 Å². The summed E-state index contributed by atoms with van der Waals surface area (Å²) in [6.45, 7) is 8.40. The third-order valence-electron chi connectivity index (χ3n) is 7.81. The van der Waals surface area contributed by atoms with E-state index >= 15 is 0 Å². The number of piperidine rings is 2. The highest BCUT2D eigenvalue weighted by molar-refractivity contribution is 7.99. The summed E-state index contributed by atoms with van der Waals surface area (Å²) in [6.07, 6.45) is 5.76. The minimum Gasteiger partial charge on any atom is -0.339 e. The number of nitrogens with zero attached hydrogens (tertiary/aromatic N) is 2. The molecule has 5 rings (SSSR count). The van der Waals surface area contributed by atoms with Crippen LogP contribution in [0.5, 0.6) is 0 Å². The molecule has 0 N–H and O–H groups in total. The quantitative estimate of drug-likeness (QED) is 0.337. The summed E-state index contributed by atoms with van der Waals surface area (Å²) in [7, 11) is 0. The summed E-state index contributed by atoms with van der Waals surface area (Å²) < 4.78 is 13.6. The van der Waals surface area contributed by atoms with E-state index in [0.717, 1.165) is 42.6 Å². The SMILES string of the molecule is CC(C)Sc1ccc(CC2CCN(C3CCN(C(=O)c4cccc5cc(F)ccc45)CC3)CC2)cc1. The number of halogens is 1. The highest BCUT2D eigenvalue weighted by Crippen LogP contribution is 2.29. The smallest absolute Gasteiger partial charge is 0.254 e. The van der Waals surface area contributed by atoms with Crippen LogP contribution >= 0.6 is 11.8 Å². The molecule has 2 aliphatic heterocycles. The lowest BCUT2D eigenvalue weighted by Gasteiger charge is -2.42. The number of thioether (sulfide) groups is 1. The van der Waals surface area contributed by atoms with Crippen LogP contribution in [0.2, 0.25) is 0 Å². The second-order valence-corrected chi connectivity index (χ2v) is 12.3. The van der Waals surface area contributed by atoms with Crippen LogP contribution in [-0.4, -0.2) is 53.2 Å². The van der Waals surface area contributed by atoms with Crippen LogP contribution < -0.4 is 0 Å². The van der Waals surface area contributed by atoms with Gasteiger partial charge < -0.3 is 9.80 Å². The topological polar surface area (TPSA) is 23.6 Å². The summed E-state index contributed by atoms with van der Waals surface area (Å²) in [4.78, 5) is 19.3. The van der Waals surface area contributed by atoms with Gasteiger partial charge in [-0.1, -0.05) is 44.2 Å². The normalized spacial score (nSPS) is 18.3. The van der Waals surface area contributed by atoms with E-state index in [2.05, 4.69) is 43.0 Å². The number of carbonyl (C=O) groups excluding carboxylic acids is 1. The highest BCUT2D eigenvalue weighted by Gasteiger charge is 2.30. The second kappa shape index (κ2) is 11.4. The maximum absolute atomic E-state index is 13.6. The van der Waals surface area contributed by atoms with E-state index in [1.165, 1.54) is 54.9 Å². The predicted octanol–water partition coefficient (Wildman–Crippen LogP) is 7.04. The van der Waals surface area contributed by atoms with Crippen molar-refractivity contribution in [3.8, 4) is 0 Å². The van der Waals surface area contributed by atoms with Gasteiger partial charge in [0.1, 0.15) is 5.82 Å². The molecule has 2 heterocycles. The van der Waals surface area contributed by atoms with Gasteiger partial charge in [-0.25, -0.2) is 4.39 Å². The molecule has 36 heavy (non-hydrogen) atoms. The summed E-state index contributed by atoms with van der Waals surface area (Å²) in [5.74, 6) is 0.570. The van der Waals surface area contributed by atoms with E-state index in [0.29, 0.717) is 16.9 Å². The number of hydrogen-bond acceptors (Lipinski definition) is 3. The molecule has 0 unspecified atom stereocenters. The van der Waals surface area contributed by atoms with Crippen LogP contribution in [0.1, 0.15) is 55.5 Å². The van der Waals surface area contributed by atoms with Gasteiger partial charge in [-0.3, -0.25) is 4.79 Å². The van der Waals surface area contributed by atoms with Crippen LogP contribution in [0, 0.1) is 11.7 Å². The van der Waals surface area contributed by atoms with Crippen LogP contribution in [0.4, 0.5) is 4.39 Å². The number of rotatable bonds is 6. The molecule has 0 spiro atoms. The Morgan fingerprint density at radius 2 is 1.67 bits per heavy atom. The Kier molecular flexibility index (Phi) is 7.97. The third kappa shape index (κ3) is 5.95. The van der Waals surface area contributed by atoms with Gasteiger partial charge in [0.05, 0.1) is 0 Å². The molecule has 0 saturated carbocycles. The maximum atomic E-state index is 13.6. The molecule has 3 nitrogen and oxygen atoms in total. The van der Waals surface area contributed by atoms with E-state index in [9.17, 15) is 9.18 Å². The Bertz CT molecular complexity index is 1180. The standard InChI is InChI=1S/C31H37FN2OS/c1-22(2)36-28-9-6-23(7-10-28)20-24-12-16-33(17-13-24)27-14-18-34(19-15-27)31(35)30-5-3-4-25-21-26(32)8-11-29(25)30/h3-11,21-22,24,27H,12-20H2,1-2H3. The van der Waals surface area contributed by atoms with Crippen molar-refractivity contribution in [2.24, 2.45) is 5.92 Å². The Morgan fingerprint density at radius 1 is 0.944 bits per heavy atom. The minimum atomic E-state index is -0.268. The van der Waals surface area contributed by atoms with Crippen molar-refractivity contribution in [1.29, 1.82) is 0 Å². The number of benzene rings is 3. The summed E-state index contributed by atoms with van der Waals surface area (Å²) in [5.41, 5.74) is 2.15. The molecule has 2 saturated heterocycles. The monoisotopic (exact) mass is 504 g/mol. The minimum absolute atomic E-state index is 0.0715. The van der Waals surface area contributed by atoms with Crippen molar-refractivity contribution in [1.82, 2.24) is 9.80 Å². The highest BCUT2D eigenvalue weighted by atomic mass is 32.2. The zero-order valence-electron chi connectivity index (χ0n) is 21.5. The fourth-order valence-electron chi connectivity index (χ4n) is 5.88. The van der Waals surface area contributed by atoms with Gasteiger partial charge in [0.25, 0.3) is 5.91 Å². The summed E-state index contributed by atoms with van der Waals surface area (Å²) in [5, 5.41) is 2.24. The van der Waals surface area contributed by atoms with Gasteiger partial charge in [0.15, 0.2) is 0 Å². The molecule has 0 atom stereocenters. The van der Waals surface area contributed by atoms with Crippen molar-refractivity contribution < 1.29 is 9.18 Å². The molecule has 1 amide bonds. The molecule has 5 heteroatoms. The number of hydrogen-bond donors (Lipinski definition) is 0. The fourth-order valence-corrected chi connectivity index (χ4v) is 6.71. The average Bonchev–Trinajstić information content (AvgIpc) is 2.89. The van der Waals surface area contributed by atoms with Gasteiger partial charge in [0.2, 0.25) is 0 Å². The van der Waals surface area contributed by atoms with Gasteiger partial charge >= 0.3 is 0 Å². The summed E-state index contributed by atoms with van der Waals surface area (Å²) >= 11 is 1.93. The van der Waals surface area contributed by atoms with Gasteiger partial charge in [-0.05, 0) is 97.8 Å². The first-order chi connectivity index (χ1) is 17.5. The van der Waals surface area contributed by atoms with Crippen LogP contribution in [0.3, 0.4) is 0 Å². The van der Waals surface area contributed by atoms with Crippen molar-refractivity contribution >= 4 is 28.4 Å². The zero-order valence-corrected chi connectivity index (χ0v) is 22.3. The molecule has 3 aromatic rings. The van der Waals surface area contributed by atoms with E-state index < -0.39 is 0 Å². The molecule has 0 aliphatic carbocycles. The Balaban J connectivity index is 1.10. The number of fused-ring (bicyclic) bond motifs is 1. The van der Waals surface area contributed by atoms with Crippen molar-refractivity contribution in [2.45, 2.75) is 62.1 Å². The number of amides is 1. The third-order valence-corrected chi connectivity index (χ3v) is 8.83. The largest absolute Gasteiger partial charge is 0.339 e. The van der Waals surface area contributed by atoms with Crippen LogP contribution in [0.25, 0.3) is 10.8 Å². The average molecular weight is 505 g/mol. The van der Waals surface area contributed by atoms with Crippen LogP contribution in [-0.2, 0) is 6.42 Å². The molecule has 0 radical (unpaired) electrons. The van der Waals surface area contributed by atoms with Gasteiger partial charge in [0, 0.05) is 34.8 Å². The first-order valence-electron chi connectivity index (χ1n) is 13.4. The molecule has 0 bridgehead atoms.